The average molecular weight is 328 g/mol. The quantitative estimate of drug-likeness (QED) is 0.885. The molecule has 0 fully saturated rings. The maximum atomic E-state index is 13.8. The number of hydrogen-bond acceptors (Lipinski definition) is 2. The largest absolute Gasteiger partial charge is 0.352 e. The van der Waals surface area contributed by atoms with Crippen molar-refractivity contribution in [3.8, 4) is 0 Å². The van der Waals surface area contributed by atoms with Gasteiger partial charge in [0.15, 0.2) is 0 Å². The van der Waals surface area contributed by atoms with Crippen LogP contribution in [0.3, 0.4) is 0 Å². The van der Waals surface area contributed by atoms with Gasteiger partial charge in [0, 0.05) is 26.4 Å². The molecule has 0 heterocycles. The fourth-order valence-corrected chi connectivity index (χ4v) is 2.42. The number of nitrogens with one attached hydrogen (secondary N) is 1. The number of hydrogen-bond donors (Lipinski definition) is 1. The molecule has 2 aromatic carbocycles. The van der Waals surface area contributed by atoms with Crippen molar-refractivity contribution < 1.29 is 14.0 Å². The smallest absolute Gasteiger partial charge is 0.223 e. The first kappa shape index (κ1) is 17.7. The summed E-state index contributed by atoms with van der Waals surface area (Å²) in [6, 6.07) is 13.8. The number of halogens is 1. The fraction of sp³-hybridized carbons (Fsp3) is 0.263. The van der Waals surface area contributed by atoms with Gasteiger partial charge in [0.2, 0.25) is 11.8 Å². The first-order chi connectivity index (χ1) is 11.5. The molecule has 1 N–H and O–H groups in total. The van der Waals surface area contributed by atoms with E-state index < -0.39 is 5.82 Å². The Morgan fingerprint density at radius 3 is 2.42 bits per heavy atom. The number of carbonyl (C=O) groups is 2. The van der Waals surface area contributed by atoms with Crippen molar-refractivity contribution in [2.45, 2.75) is 26.8 Å². The van der Waals surface area contributed by atoms with E-state index in [4.69, 9.17) is 0 Å². The third kappa shape index (κ3) is 4.65. The number of aryl methyl sites for hydroxylation is 1. The zero-order valence-corrected chi connectivity index (χ0v) is 13.9. The number of benzene rings is 2. The predicted molar refractivity (Wildman–Crippen MR) is 92.1 cm³/mol. The summed E-state index contributed by atoms with van der Waals surface area (Å²) in [5.41, 5.74) is 2.34. The summed E-state index contributed by atoms with van der Waals surface area (Å²) in [5.74, 6) is -0.958. The molecule has 5 heteroatoms. The molecule has 0 aromatic heterocycles. The van der Waals surface area contributed by atoms with Gasteiger partial charge in [0.05, 0.1) is 5.69 Å². The third-order valence-electron chi connectivity index (χ3n) is 3.82. The second kappa shape index (κ2) is 8.24. The van der Waals surface area contributed by atoms with Gasteiger partial charge >= 0.3 is 0 Å². The van der Waals surface area contributed by atoms with Gasteiger partial charge in [-0.3, -0.25) is 9.59 Å². The number of amides is 2. The lowest BCUT2D eigenvalue weighted by Crippen LogP contribution is -2.34. The molecule has 0 aliphatic heterocycles. The molecule has 4 nitrogen and oxygen atoms in total. The van der Waals surface area contributed by atoms with Crippen molar-refractivity contribution in [3.05, 3.63) is 65.5 Å². The molecule has 0 bridgehead atoms. The average Bonchev–Trinajstić information content (AvgIpc) is 2.55. The summed E-state index contributed by atoms with van der Waals surface area (Å²) >= 11 is 0. The van der Waals surface area contributed by atoms with E-state index in [9.17, 15) is 14.0 Å². The summed E-state index contributed by atoms with van der Waals surface area (Å²) < 4.78 is 13.8. The summed E-state index contributed by atoms with van der Waals surface area (Å²) in [4.78, 5) is 25.1. The molecule has 0 saturated carbocycles. The minimum Gasteiger partial charge on any atom is -0.352 e. The summed E-state index contributed by atoms with van der Waals surface area (Å²) in [5, 5.41) is 2.83. The van der Waals surface area contributed by atoms with Gasteiger partial charge in [-0.2, -0.15) is 0 Å². The van der Waals surface area contributed by atoms with Crippen LogP contribution in [0.1, 0.15) is 24.5 Å². The van der Waals surface area contributed by atoms with Crippen LogP contribution in [0.15, 0.2) is 48.5 Å². The van der Waals surface area contributed by atoms with Crippen LogP contribution in [0.5, 0.6) is 0 Å². The zero-order valence-electron chi connectivity index (χ0n) is 13.9. The van der Waals surface area contributed by atoms with Gasteiger partial charge in [0.25, 0.3) is 0 Å². The fourth-order valence-electron chi connectivity index (χ4n) is 2.42. The molecule has 0 saturated heterocycles. The van der Waals surface area contributed by atoms with Gasteiger partial charge in [-0.05, 0) is 30.2 Å². The summed E-state index contributed by atoms with van der Waals surface area (Å²) in [6.07, 6.45) is 0.111. The standard InChI is InChI=1S/C19H21FN2O2/c1-14-7-3-4-8-16(14)13-21-19(24)11-12-22(15(2)23)18-10-6-5-9-17(18)20/h3-10H,11-13H2,1-2H3,(H,21,24). The monoisotopic (exact) mass is 328 g/mol. The van der Waals surface area contributed by atoms with Gasteiger partial charge in [-0.1, -0.05) is 36.4 Å². The SMILES string of the molecule is CC(=O)N(CCC(=O)NCc1ccccc1C)c1ccccc1F. The van der Waals surface area contributed by atoms with Gasteiger partial charge in [-0.15, -0.1) is 0 Å². The van der Waals surface area contributed by atoms with Crippen LogP contribution in [-0.4, -0.2) is 18.4 Å². The number of nitrogens with zero attached hydrogens (tertiary/aromatic N) is 1. The minimum absolute atomic E-state index is 0.111. The summed E-state index contributed by atoms with van der Waals surface area (Å²) in [7, 11) is 0. The Bertz CT molecular complexity index is 731. The molecule has 0 unspecified atom stereocenters. The molecule has 0 spiro atoms. The van der Waals surface area contributed by atoms with E-state index in [1.807, 2.05) is 31.2 Å². The highest BCUT2D eigenvalue weighted by Gasteiger charge is 2.16. The van der Waals surface area contributed by atoms with Crippen LogP contribution < -0.4 is 10.2 Å². The van der Waals surface area contributed by atoms with Crippen LogP contribution in [0.25, 0.3) is 0 Å². The molecule has 0 radical (unpaired) electrons. The van der Waals surface area contributed by atoms with E-state index in [0.29, 0.717) is 6.54 Å². The highest BCUT2D eigenvalue weighted by molar-refractivity contribution is 5.92. The molecule has 2 aromatic rings. The molecular weight excluding hydrogens is 307 g/mol. The predicted octanol–water partition coefficient (Wildman–Crippen LogP) is 3.19. The second-order valence-electron chi connectivity index (χ2n) is 5.58. The van der Waals surface area contributed by atoms with Crippen LogP contribution >= 0.6 is 0 Å². The normalized spacial score (nSPS) is 10.3. The lowest BCUT2D eigenvalue weighted by Gasteiger charge is -2.21. The van der Waals surface area contributed by atoms with Crippen LogP contribution in [0.4, 0.5) is 10.1 Å². The number of para-hydroxylation sites is 1. The van der Waals surface area contributed by atoms with E-state index >= 15 is 0 Å². The topological polar surface area (TPSA) is 49.4 Å². The van der Waals surface area contributed by atoms with Gasteiger partial charge in [-0.25, -0.2) is 4.39 Å². The number of anilines is 1. The Morgan fingerprint density at radius 2 is 1.75 bits per heavy atom. The molecule has 0 atom stereocenters. The highest BCUT2D eigenvalue weighted by Crippen LogP contribution is 2.19. The molecular formula is C19H21FN2O2. The van der Waals surface area contributed by atoms with E-state index in [2.05, 4.69) is 5.32 Å². The van der Waals surface area contributed by atoms with Crippen molar-refractivity contribution in [3.63, 3.8) is 0 Å². The van der Waals surface area contributed by atoms with E-state index in [-0.39, 0.29) is 30.5 Å². The van der Waals surface area contributed by atoms with Crippen LogP contribution in [-0.2, 0) is 16.1 Å². The van der Waals surface area contributed by atoms with Crippen molar-refractivity contribution in [1.29, 1.82) is 0 Å². The highest BCUT2D eigenvalue weighted by atomic mass is 19.1. The molecule has 24 heavy (non-hydrogen) atoms. The van der Waals surface area contributed by atoms with E-state index in [1.165, 1.54) is 24.0 Å². The number of rotatable bonds is 6. The Labute approximate surface area is 141 Å². The number of carbonyl (C=O) groups excluding carboxylic acids is 2. The Morgan fingerprint density at radius 1 is 1.08 bits per heavy atom. The second-order valence-corrected chi connectivity index (χ2v) is 5.58. The maximum absolute atomic E-state index is 13.8. The molecule has 2 amide bonds. The molecule has 126 valence electrons. The Kier molecular flexibility index (Phi) is 6.07. The molecule has 0 aliphatic rings. The molecule has 2 rings (SSSR count). The maximum Gasteiger partial charge on any atom is 0.223 e. The lowest BCUT2D eigenvalue weighted by atomic mass is 10.1. The van der Waals surface area contributed by atoms with Crippen molar-refractivity contribution in [2.75, 3.05) is 11.4 Å². The summed E-state index contributed by atoms with van der Waals surface area (Å²) in [6.45, 7) is 3.91. The Balaban J connectivity index is 1.93. The van der Waals surface area contributed by atoms with Crippen molar-refractivity contribution in [2.24, 2.45) is 0 Å². The lowest BCUT2D eigenvalue weighted by molar-refractivity contribution is -0.121. The van der Waals surface area contributed by atoms with Crippen molar-refractivity contribution >= 4 is 17.5 Å². The van der Waals surface area contributed by atoms with Gasteiger partial charge in [0.1, 0.15) is 5.82 Å². The zero-order chi connectivity index (χ0) is 17.5. The van der Waals surface area contributed by atoms with Crippen LogP contribution in [0.2, 0.25) is 0 Å². The minimum atomic E-state index is -0.479. The van der Waals surface area contributed by atoms with Crippen LogP contribution in [0, 0.1) is 12.7 Å². The van der Waals surface area contributed by atoms with E-state index in [0.717, 1.165) is 11.1 Å². The third-order valence-corrected chi connectivity index (χ3v) is 3.82. The van der Waals surface area contributed by atoms with Gasteiger partial charge < -0.3 is 10.2 Å². The first-order valence-corrected chi connectivity index (χ1v) is 7.83. The molecule has 0 aliphatic carbocycles. The first-order valence-electron chi connectivity index (χ1n) is 7.83. The Hall–Kier alpha value is -2.69. The van der Waals surface area contributed by atoms with Crippen molar-refractivity contribution in [1.82, 2.24) is 5.32 Å². The van der Waals surface area contributed by atoms with E-state index in [1.54, 1.807) is 12.1 Å².